The van der Waals surface area contributed by atoms with Gasteiger partial charge < -0.3 is 19.7 Å². The Morgan fingerprint density at radius 1 is 1.31 bits per heavy atom. The summed E-state index contributed by atoms with van der Waals surface area (Å²) in [4.78, 5) is 26.5. The molecule has 3 rings (SSSR count). The lowest BCUT2D eigenvalue weighted by Gasteiger charge is -2.18. The summed E-state index contributed by atoms with van der Waals surface area (Å²) in [6.07, 6.45) is 5.38. The number of ether oxygens (including phenoxy) is 2. The number of benzene rings is 2. The van der Waals surface area contributed by atoms with Crippen molar-refractivity contribution >= 4 is 29.1 Å². The van der Waals surface area contributed by atoms with Crippen LogP contribution >= 0.6 is 11.6 Å². The molecule has 7 heteroatoms. The first kappa shape index (κ1) is 20.6. The third-order valence-corrected chi connectivity index (χ3v) is 4.96. The molecule has 1 N–H and O–H groups in total. The summed E-state index contributed by atoms with van der Waals surface area (Å²) in [5.74, 6) is 2.74. The van der Waals surface area contributed by atoms with E-state index in [1.165, 1.54) is 0 Å². The number of nitrogens with one attached hydrogen (secondary N) is 1. The third kappa shape index (κ3) is 4.82. The van der Waals surface area contributed by atoms with Gasteiger partial charge in [-0.25, -0.2) is 0 Å². The minimum absolute atomic E-state index is 0.118. The minimum Gasteiger partial charge on any atom is -0.493 e. The van der Waals surface area contributed by atoms with Gasteiger partial charge in [0.15, 0.2) is 11.5 Å². The van der Waals surface area contributed by atoms with E-state index in [-0.39, 0.29) is 24.8 Å². The van der Waals surface area contributed by atoms with Crippen molar-refractivity contribution in [3.05, 3.63) is 53.1 Å². The first-order chi connectivity index (χ1) is 14.0. The molecule has 0 aliphatic carbocycles. The number of carbonyl (C=O) groups excluding carboxylic acids is 2. The Morgan fingerprint density at radius 3 is 2.83 bits per heavy atom. The summed E-state index contributed by atoms with van der Waals surface area (Å²) < 4.78 is 10.7. The number of terminal acetylenes is 1. The number of nitrogens with zero attached hydrogens (tertiary/aromatic N) is 1. The molecule has 6 nitrogen and oxygen atoms in total. The van der Waals surface area contributed by atoms with Crippen molar-refractivity contribution in [1.29, 1.82) is 0 Å². The quantitative estimate of drug-likeness (QED) is 0.710. The number of anilines is 1. The molecular weight excluding hydrogens is 392 g/mol. The van der Waals surface area contributed by atoms with Crippen molar-refractivity contribution in [2.45, 2.75) is 13.0 Å². The molecule has 1 heterocycles. The molecule has 2 amide bonds. The predicted octanol–water partition coefficient (Wildman–Crippen LogP) is 3.03. The zero-order chi connectivity index (χ0) is 20.8. The second-order valence-corrected chi connectivity index (χ2v) is 6.96. The van der Waals surface area contributed by atoms with Gasteiger partial charge in [0.1, 0.15) is 6.61 Å². The lowest BCUT2D eigenvalue weighted by Crippen LogP contribution is -2.32. The number of hydrogen-bond acceptors (Lipinski definition) is 4. The van der Waals surface area contributed by atoms with E-state index in [1.807, 2.05) is 12.1 Å². The predicted molar refractivity (Wildman–Crippen MR) is 111 cm³/mol. The van der Waals surface area contributed by atoms with Crippen molar-refractivity contribution in [1.82, 2.24) is 5.32 Å². The van der Waals surface area contributed by atoms with Crippen molar-refractivity contribution in [3.63, 3.8) is 0 Å². The summed E-state index contributed by atoms with van der Waals surface area (Å²) in [5, 5.41) is 3.37. The first-order valence-corrected chi connectivity index (χ1v) is 9.47. The lowest BCUT2D eigenvalue weighted by molar-refractivity contribution is -0.126. The van der Waals surface area contributed by atoms with Crippen LogP contribution in [0.3, 0.4) is 0 Å². The van der Waals surface area contributed by atoms with Crippen LogP contribution < -0.4 is 19.7 Å². The van der Waals surface area contributed by atoms with Gasteiger partial charge in [-0.3, -0.25) is 9.59 Å². The molecule has 1 atom stereocenters. The van der Waals surface area contributed by atoms with Gasteiger partial charge in [-0.2, -0.15) is 0 Å². The molecule has 29 heavy (non-hydrogen) atoms. The maximum atomic E-state index is 12.6. The molecule has 1 saturated heterocycles. The molecule has 0 saturated carbocycles. The van der Waals surface area contributed by atoms with Gasteiger partial charge in [0.25, 0.3) is 0 Å². The van der Waals surface area contributed by atoms with Crippen molar-refractivity contribution in [2.24, 2.45) is 5.92 Å². The molecule has 1 fully saturated rings. The maximum absolute atomic E-state index is 12.6. The number of methoxy groups -OCH3 is 1. The summed E-state index contributed by atoms with van der Waals surface area (Å²) in [7, 11) is 1.54. The van der Waals surface area contributed by atoms with Crippen LogP contribution in [0.15, 0.2) is 42.5 Å². The standard InChI is InChI=1S/C22H21ClN2O4/c1-3-10-29-20-11-15(8-9-19(20)28-2)13-24-22(27)16-12-21(26)25(14-16)18-7-5-4-6-17(18)23/h1,4-9,11,16H,10,12-14H2,2H3,(H,24,27). The molecule has 1 unspecified atom stereocenters. The van der Waals surface area contributed by atoms with Gasteiger partial charge in [0.05, 0.1) is 23.7 Å². The number of amides is 2. The molecule has 0 radical (unpaired) electrons. The van der Waals surface area contributed by atoms with Gasteiger partial charge in [-0.1, -0.05) is 35.7 Å². The fourth-order valence-corrected chi connectivity index (χ4v) is 3.42. The average molecular weight is 413 g/mol. The molecule has 2 aromatic rings. The molecule has 150 valence electrons. The van der Waals surface area contributed by atoms with Crippen LogP contribution in [0.5, 0.6) is 11.5 Å². The van der Waals surface area contributed by atoms with E-state index in [0.29, 0.717) is 35.3 Å². The van der Waals surface area contributed by atoms with Crippen LogP contribution in [-0.2, 0) is 16.1 Å². The summed E-state index contributed by atoms with van der Waals surface area (Å²) in [5.41, 5.74) is 1.46. The van der Waals surface area contributed by atoms with Gasteiger partial charge >= 0.3 is 0 Å². The highest BCUT2D eigenvalue weighted by molar-refractivity contribution is 6.33. The highest BCUT2D eigenvalue weighted by Gasteiger charge is 2.35. The number of para-hydroxylation sites is 1. The van der Waals surface area contributed by atoms with Crippen molar-refractivity contribution < 1.29 is 19.1 Å². The molecule has 2 aromatic carbocycles. The van der Waals surface area contributed by atoms with Gasteiger partial charge in [-0.05, 0) is 29.8 Å². The fourth-order valence-electron chi connectivity index (χ4n) is 3.18. The zero-order valence-electron chi connectivity index (χ0n) is 16.0. The number of hydrogen-bond donors (Lipinski definition) is 1. The normalized spacial score (nSPS) is 15.7. The Bertz CT molecular complexity index is 954. The largest absolute Gasteiger partial charge is 0.493 e. The minimum atomic E-state index is -0.436. The highest BCUT2D eigenvalue weighted by atomic mass is 35.5. The van der Waals surface area contributed by atoms with Crippen LogP contribution in [-0.4, -0.2) is 32.1 Å². The Labute approximate surface area is 174 Å². The van der Waals surface area contributed by atoms with Crippen molar-refractivity contribution in [3.8, 4) is 23.8 Å². The third-order valence-electron chi connectivity index (χ3n) is 4.64. The summed E-state index contributed by atoms with van der Waals surface area (Å²) >= 11 is 6.18. The van der Waals surface area contributed by atoms with Crippen LogP contribution in [0.1, 0.15) is 12.0 Å². The Kier molecular flexibility index (Phi) is 6.63. The van der Waals surface area contributed by atoms with Crippen molar-refractivity contribution in [2.75, 3.05) is 25.2 Å². The second-order valence-electron chi connectivity index (χ2n) is 6.55. The van der Waals surface area contributed by atoms with E-state index in [1.54, 1.807) is 42.3 Å². The van der Waals surface area contributed by atoms with Crippen LogP contribution in [0.25, 0.3) is 0 Å². The van der Waals surface area contributed by atoms with E-state index >= 15 is 0 Å². The van der Waals surface area contributed by atoms with Crippen LogP contribution in [0.2, 0.25) is 5.02 Å². The molecule has 0 spiro atoms. The summed E-state index contributed by atoms with van der Waals surface area (Å²) in [6.45, 7) is 0.716. The molecular formula is C22H21ClN2O4. The molecule has 0 aromatic heterocycles. The lowest BCUT2D eigenvalue weighted by atomic mass is 10.1. The number of halogens is 1. The van der Waals surface area contributed by atoms with E-state index in [2.05, 4.69) is 11.2 Å². The SMILES string of the molecule is C#CCOc1cc(CNC(=O)C2CC(=O)N(c3ccccc3Cl)C2)ccc1OC. The van der Waals surface area contributed by atoms with E-state index in [9.17, 15) is 9.59 Å². The van der Waals surface area contributed by atoms with Gasteiger partial charge in [0, 0.05) is 19.5 Å². The fraction of sp³-hybridized carbons (Fsp3) is 0.273. The van der Waals surface area contributed by atoms with Gasteiger partial charge in [0.2, 0.25) is 11.8 Å². The van der Waals surface area contributed by atoms with E-state index in [0.717, 1.165) is 5.56 Å². The van der Waals surface area contributed by atoms with Crippen LogP contribution in [0, 0.1) is 18.3 Å². The molecule has 1 aliphatic rings. The Balaban J connectivity index is 1.62. The first-order valence-electron chi connectivity index (χ1n) is 9.09. The number of carbonyl (C=O) groups is 2. The Morgan fingerprint density at radius 2 is 2.10 bits per heavy atom. The van der Waals surface area contributed by atoms with Gasteiger partial charge in [-0.15, -0.1) is 6.42 Å². The van der Waals surface area contributed by atoms with E-state index < -0.39 is 5.92 Å². The highest BCUT2D eigenvalue weighted by Crippen LogP contribution is 2.31. The van der Waals surface area contributed by atoms with Crippen LogP contribution in [0.4, 0.5) is 5.69 Å². The smallest absolute Gasteiger partial charge is 0.227 e. The maximum Gasteiger partial charge on any atom is 0.227 e. The second kappa shape index (κ2) is 9.35. The monoisotopic (exact) mass is 412 g/mol. The topological polar surface area (TPSA) is 67.9 Å². The molecule has 1 aliphatic heterocycles. The Hall–Kier alpha value is -3.17. The number of rotatable bonds is 7. The molecule has 0 bridgehead atoms. The summed E-state index contributed by atoms with van der Waals surface area (Å²) in [6, 6.07) is 12.5. The average Bonchev–Trinajstić information content (AvgIpc) is 3.12. The zero-order valence-corrected chi connectivity index (χ0v) is 16.7. The van der Waals surface area contributed by atoms with E-state index in [4.69, 9.17) is 27.5 Å².